The maximum absolute atomic E-state index is 11.0. The summed E-state index contributed by atoms with van der Waals surface area (Å²) in [4.78, 5) is -0.140. The van der Waals surface area contributed by atoms with Crippen molar-refractivity contribution in [2.75, 3.05) is 6.61 Å². The van der Waals surface area contributed by atoms with Gasteiger partial charge in [-0.3, -0.25) is 0 Å². The smallest absolute Gasteiger partial charge is 0.239 e. The molecule has 0 aliphatic heterocycles. The van der Waals surface area contributed by atoms with Gasteiger partial charge in [-0.05, 0) is 18.2 Å². The summed E-state index contributed by atoms with van der Waals surface area (Å²) in [5.41, 5.74) is 0.515. The number of hydrogen-bond donors (Lipinski definition) is 2. The Bertz CT molecular complexity index is 528. The maximum Gasteiger partial charge on any atom is 0.239 e. The van der Waals surface area contributed by atoms with Gasteiger partial charge in [0.2, 0.25) is 10.0 Å². The number of aliphatic hydroxyl groups excluding tert-OH is 1. The van der Waals surface area contributed by atoms with Gasteiger partial charge in [-0.2, -0.15) is 0 Å². The van der Waals surface area contributed by atoms with E-state index < -0.39 is 10.0 Å². The Hall–Kier alpha value is -1.06. The molecule has 15 heavy (non-hydrogen) atoms. The lowest BCUT2D eigenvalue weighted by Crippen LogP contribution is -2.12. The molecule has 1 aromatic carbocycles. The van der Waals surface area contributed by atoms with E-state index in [0.717, 1.165) is 0 Å². The summed E-state index contributed by atoms with van der Waals surface area (Å²) in [6.07, 6.45) is 0. The van der Waals surface area contributed by atoms with Crippen LogP contribution in [0.15, 0.2) is 23.1 Å². The lowest BCUT2D eigenvalue weighted by Gasteiger charge is -2.01. The van der Waals surface area contributed by atoms with Gasteiger partial charge >= 0.3 is 0 Å². The number of nitrogens with two attached hydrogens (primary N) is 1. The largest absolute Gasteiger partial charge is 0.384 e. The van der Waals surface area contributed by atoms with Crippen molar-refractivity contribution in [1.29, 1.82) is 0 Å². The summed E-state index contributed by atoms with van der Waals surface area (Å²) >= 11 is 5.70. The van der Waals surface area contributed by atoms with Gasteiger partial charge < -0.3 is 5.11 Å². The number of primary sulfonamides is 1. The second-order valence-electron chi connectivity index (χ2n) is 2.65. The molecule has 0 heterocycles. The van der Waals surface area contributed by atoms with Gasteiger partial charge in [0, 0.05) is 5.56 Å². The molecule has 0 unspecified atom stereocenters. The zero-order chi connectivity index (χ0) is 11.5. The topological polar surface area (TPSA) is 80.4 Å². The Kier molecular flexibility index (Phi) is 3.72. The third-order valence-corrected chi connectivity index (χ3v) is 2.94. The molecule has 0 radical (unpaired) electrons. The van der Waals surface area contributed by atoms with E-state index in [1.54, 1.807) is 0 Å². The van der Waals surface area contributed by atoms with Gasteiger partial charge in [-0.1, -0.05) is 23.4 Å². The average molecular weight is 246 g/mol. The first-order chi connectivity index (χ1) is 6.95. The number of benzene rings is 1. The molecule has 0 aliphatic carbocycles. The van der Waals surface area contributed by atoms with Gasteiger partial charge in [0.25, 0.3) is 0 Å². The molecule has 0 atom stereocenters. The molecule has 0 saturated heterocycles. The molecule has 0 bridgehead atoms. The fourth-order valence-corrected chi connectivity index (χ4v) is 2.04. The van der Waals surface area contributed by atoms with Crippen molar-refractivity contribution in [1.82, 2.24) is 0 Å². The molecule has 0 amide bonds. The van der Waals surface area contributed by atoms with Crippen LogP contribution in [0.5, 0.6) is 0 Å². The summed E-state index contributed by atoms with van der Waals surface area (Å²) in [6, 6.07) is 4.12. The van der Waals surface area contributed by atoms with E-state index in [0.29, 0.717) is 5.56 Å². The minimum absolute atomic E-state index is 0.0160. The van der Waals surface area contributed by atoms with E-state index in [4.69, 9.17) is 21.8 Å². The highest BCUT2D eigenvalue weighted by molar-refractivity contribution is 7.89. The number of aliphatic hydroxyl groups is 1. The fraction of sp³-hybridized carbons (Fsp3) is 0.111. The predicted molar refractivity (Wildman–Crippen MR) is 56.8 cm³/mol. The first-order valence-corrected chi connectivity index (χ1v) is 5.79. The number of halogens is 1. The number of rotatable bonds is 1. The lowest BCUT2D eigenvalue weighted by molar-refractivity contribution is 0.350. The van der Waals surface area contributed by atoms with Gasteiger partial charge in [-0.25, -0.2) is 13.6 Å². The molecular weight excluding hydrogens is 238 g/mol. The van der Waals surface area contributed by atoms with E-state index >= 15 is 0 Å². The van der Waals surface area contributed by atoms with Crippen LogP contribution >= 0.6 is 11.6 Å². The highest BCUT2D eigenvalue weighted by Crippen LogP contribution is 2.20. The molecule has 1 aromatic rings. The van der Waals surface area contributed by atoms with Crippen molar-refractivity contribution in [3.63, 3.8) is 0 Å². The minimum Gasteiger partial charge on any atom is -0.384 e. The van der Waals surface area contributed by atoms with Crippen LogP contribution in [0, 0.1) is 11.8 Å². The second kappa shape index (κ2) is 4.64. The first-order valence-electron chi connectivity index (χ1n) is 3.87. The van der Waals surface area contributed by atoms with Crippen molar-refractivity contribution < 1.29 is 13.5 Å². The van der Waals surface area contributed by atoms with E-state index in [-0.39, 0.29) is 16.5 Å². The molecule has 0 fully saturated rings. The van der Waals surface area contributed by atoms with Crippen molar-refractivity contribution in [3.8, 4) is 11.8 Å². The summed E-state index contributed by atoms with van der Waals surface area (Å²) in [7, 11) is -3.80. The van der Waals surface area contributed by atoms with Gasteiger partial charge in [0.1, 0.15) is 11.5 Å². The van der Waals surface area contributed by atoms with Crippen molar-refractivity contribution in [3.05, 3.63) is 28.8 Å². The molecule has 0 saturated carbocycles. The average Bonchev–Trinajstić information content (AvgIpc) is 2.12. The Labute approximate surface area is 92.7 Å². The Morgan fingerprint density at radius 1 is 1.47 bits per heavy atom. The van der Waals surface area contributed by atoms with E-state index in [1.807, 2.05) is 0 Å². The Balaban J connectivity index is 3.21. The molecule has 0 aliphatic rings. The standard InChI is InChI=1S/C9H8ClNO3S/c10-8-6-7(2-1-5-12)3-4-9(8)15(11,13)14/h3-4,6,12H,5H2,(H2,11,13,14). The normalized spacial score (nSPS) is 10.6. The third-order valence-electron chi connectivity index (χ3n) is 1.55. The van der Waals surface area contributed by atoms with Gasteiger partial charge in [0.15, 0.2) is 0 Å². The molecule has 0 aromatic heterocycles. The van der Waals surface area contributed by atoms with Crippen LogP contribution in [0.1, 0.15) is 5.56 Å². The van der Waals surface area contributed by atoms with Gasteiger partial charge in [-0.15, -0.1) is 0 Å². The molecule has 6 heteroatoms. The summed E-state index contributed by atoms with van der Waals surface area (Å²) in [5, 5.41) is 13.4. The van der Waals surface area contributed by atoms with Gasteiger partial charge in [0.05, 0.1) is 5.02 Å². The van der Waals surface area contributed by atoms with Crippen molar-refractivity contribution in [2.45, 2.75) is 4.90 Å². The first kappa shape index (κ1) is 12.0. The van der Waals surface area contributed by atoms with Crippen molar-refractivity contribution in [2.24, 2.45) is 5.14 Å². The molecular formula is C9H8ClNO3S. The molecule has 3 N–H and O–H groups in total. The molecule has 4 nitrogen and oxygen atoms in total. The van der Waals surface area contributed by atoms with Crippen molar-refractivity contribution >= 4 is 21.6 Å². The predicted octanol–water partition coefficient (Wildman–Crippen LogP) is 0.331. The minimum atomic E-state index is -3.80. The van der Waals surface area contributed by atoms with E-state index in [1.165, 1.54) is 18.2 Å². The van der Waals surface area contributed by atoms with Crippen LogP contribution < -0.4 is 5.14 Å². The lowest BCUT2D eigenvalue weighted by atomic mass is 10.2. The zero-order valence-corrected chi connectivity index (χ0v) is 9.14. The molecule has 0 spiro atoms. The highest BCUT2D eigenvalue weighted by atomic mass is 35.5. The maximum atomic E-state index is 11.0. The molecule has 1 rings (SSSR count). The molecule has 80 valence electrons. The SMILES string of the molecule is NS(=O)(=O)c1ccc(C#CCO)cc1Cl. The zero-order valence-electron chi connectivity index (χ0n) is 7.57. The van der Waals surface area contributed by atoms with Crippen LogP contribution in [0.4, 0.5) is 0 Å². The van der Waals surface area contributed by atoms with Crippen LogP contribution in [0.25, 0.3) is 0 Å². The summed E-state index contributed by atoms with van der Waals surface area (Å²) < 4.78 is 22.0. The second-order valence-corrected chi connectivity index (χ2v) is 4.59. The number of sulfonamides is 1. The summed E-state index contributed by atoms with van der Waals surface area (Å²) in [6.45, 7) is -0.269. The third kappa shape index (κ3) is 3.22. The summed E-state index contributed by atoms with van der Waals surface area (Å²) in [5.74, 6) is 5.01. The van der Waals surface area contributed by atoms with Crippen LogP contribution in [0.3, 0.4) is 0 Å². The van der Waals surface area contributed by atoms with E-state index in [2.05, 4.69) is 11.8 Å². The quantitative estimate of drug-likeness (QED) is 0.700. The Morgan fingerprint density at radius 3 is 2.60 bits per heavy atom. The Morgan fingerprint density at radius 2 is 2.13 bits per heavy atom. The highest BCUT2D eigenvalue weighted by Gasteiger charge is 2.12. The van der Waals surface area contributed by atoms with Crippen LogP contribution in [-0.2, 0) is 10.0 Å². The number of hydrogen-bond acceptors (Lipinski definition) is 3. The van der Waals surface area contributed by atoms with Crippen LogP contribution in [0.2, 0.25) is 5.02 Å². The van der Waals surface area contributed by atoms with E-state index in [9.17, 15) is 8.42 Å². The van der Waals surface area contributed by atoms with Crippen LogP contribution in [-0.4, -0.2) is 20.1 Å². The monoisotopic (exact) mass is 245 g/mol. The fourth-order valence-electron chi connectivity index (χ4n) is 0.951.